The summed E-state index contributed by atoms with van der Waals surface area (Å²) in [6.45, 7) is 0.000457. The second-order valence-corrected chi connectivity index (χ2v) is 7.91. The van der Waals surface area contributed by atoms with Crippen LogP contribution in [0.5, 0.6) is 5.75 Å². The van der Waals surface area contributed by atoms with Gasteiger partial charge in [0.15, 0.2) is 0 Å². The molecule has 0 aliphatic rings. The molecule has 33 heavy (non-hydrogen) atoms. The first-order valence-electron chi connectivity index (χ1n) is 10.9. The van der Waals surface area contributed by atoms with Crippen LogP contribution in [0.4, 0.5) is 0 Å². The Morgan fingerprint density at radius 1 is 0.818 bits per heavy atom. The van der Waals surface area contributed by atoms with E-state index in [2.05, 4.69) is 4.98 Å². The molecule has 4 rings (SSSR count). The van der Waals surface area contributed by atoms with Crippen molar-refractivity contribution in [3.8, 4) is 17.0 Å². The van der Waals surface area contributed by atoms with Gasteiger partial charge in [-0.2, -0.15) is 0 Å². The molecule has 5 heteroatoms. The van der Waals surface area contributed by atoms with Crippen molar-refractivity contribution >= 4 is 5.78 Å². The molecule has 0 unspecified atom stereocenters. The molecule has 1 N–H and O–H groups in total. The van der Waals surface area contributed by atoms with Crippen LogP contribution in [0.3, 0.4) is 0 Å². The molecule has 4 aromatic rings. The number of benzene rings is 3. The zero-order chi connectivity index (χ0) is 23.0. The van der Waals surface area contributed by atoms with Gasteiger partial charge in [-0.25, -0.2) is 4.98 Å². The molecular formula is C28H26N2O3. The fourth-order valence-corrected chi connectivity index (χ4v) is 3.67. The Balaban J connectivity index is 1.58. The topological polar surface area (TPSA) is 72.3 Å². The largest absolute Gasteiger partial charge is 0.497 e. The molecular weight excluding hydrogens is 412 g/mol. The van der Waals surface area contributed by atoms with Gasteiger partial charge in [0.2, 0.25) is 0 Å². The molecule has 0 spiro atoms. The summed E-state index contributed by atoms with van der Waals surface area (Å²) >= 11 is 0. The van der Waals surface area contributed by atoms with Crippen LogP contribution in [-0.4, -0.2) is 28.0 Å². The van der Waals surface area contributed by atoms with E-state index >= 15 is 0 Å². The Morgan fingerprint density at radius 2 is 1.52 bits per heavy atom. The number of nitrogens with zero attached hydrogens (tertiary/aromatic N) is 2. The van der Waals surface area contributed by atoms with E-state index in [4.69, 9.17) is 9.72 Å². The molecule has 0 radical (unpaired) electrons. The molecule has 0 aliphatic heterocycles. The van der Waals surface area contributed by atoms with Gasteiger partial charge < -0.3 is 9.84 Å². The summed E-state index contributed by atoms with van der Waals surface area (Å²) in [5, 5.41) is 9.29. The monoisotopic (exact) mass is 438 g/mol. The summed E-state index contributed by atoms with van der Waals surface area (Å²) in [6, 6.07) is 25.2. The summed E-state index contributed by atoms with van der Waals surface area (Å²) < 4.78 is 5.19. The van der Waals surface area contributed by atoms with Crippen molar-refractivity contribution in [1.29, 1.82) is 0 Å². The van der Waals surface area contributed by atoms with Crippen molar-refractivity contribution in [2.24, 2.45) is 0 Å². The molecule has 5 nitrogen and oxygen atoms in total. The molecule has 1 heterocycles. The number of methoxy groups -OCH3 is 1. The van der Waals surface area contributed by atoms with Gasteiger partial charge in [0.05, 0.1) is 43.4 Å². The van der Waals surface area contributed by atoms with Crippen molar-refractivity contribution in [2.75, 3.05) is 7.11 Å². The minimum Gasteiger partial charge on any atom is -0.497 e. The first kappa shape index (κ1) is 22.4. The number of carbonyl (C=O) groups is 1. The standard InChI is InChI=1S/C28H26N2O3/c1-33-25-13-9-21(10-14-25)15-24(32)17-26-27(16-20-5-3-2-4-6-20)30-28(18-29-26)23-11-7-22(19-31)8-12-23/h2-14,18,31H,15-17,19H2,1H3. The molecule has 0 saturated heterocycles. The summed E-state index contributed by atoms with van der Waals surface area (Å²) in [5.41, 5.74) is 6.07. The number of aliphatic hydroxyl groups is 1. The molecule has 166 valence electrons. The van der Waals surface area contributed by atoms with E-state index in [1.807, 2.05) is 78.9 Å². The Morgan fingerprint density at radius 3 is 2.18 bits per heavy atom. The Labute approximate surface area is 193 Å². The minimum absolute atomic E-state index is 0.000457. The van der Waals surface area contributed by atoms with E-state index in [0.717, 1.165) is 39.4 Å². The first-order chi connectivity index (χ1) is 16.1. The summed E-state index contributed by atoms with van der Waals surface area (Å²) in [7, 11) is 1.62. The van der Waals surface area contributed by atoms with Gasteiger partial charge in [-0.05, 0) is 28.8 Å². The van der Waals surface area contributed by atoms with Crippen LogP contribution < -0.4 is 4.74 Å². The van der Waals surface area contributed by atoms with Crippen LogP contribution in [0.15, 0.2) is 85.1 Å². The highest BCUT2D eigenvalue weighted by molar-refractivity contribution is 5.83. The van der Waals surface area contributed by atoms with Crippen LogP contribution in [0.2, 0.25) is 0 Å². The second-order valence-electron chi connectivity index (χ2n) is 7.91. The number of hydrogen-bond acceptors (Lipinski definition) is 5. The molecule has 0 aliphatic carbocycles. The highest BCUT2D eigenvalue weighted by atomic mass is 16.5. The van der Waals surface area contributed by atoms with Crippen molar-refractivity contribution in [3.05, 3.63) is 113 Å². The fraction of sp³-hybridized carbons (Fsp3) is 0.179. The van der Waals surface area contributed by atoms with E-state index in [0.29, 0.717) is 18.5 Å². The molecule has 1 aromatic heterocycles. The normalized spacial score (nSPS) is 10.7. The Hall–Kier alpha value is -3.83. The van der Waals surface area contributed by atoms with Crippen molar-refractivity contribution in [1.82, 2.24) is 9.97 Å². The molecule has 0 amide bonds. The summed E-state index contributed by atoms with van der Waals surface area (Å²) in [6.07, 6.45) is 2.88. The van der Waals surface area contributed by atoms with Gasteiger partial charge in [-0.3, -0.25) is 9.78 Å². The van der Waals surface area contributed by atoms with Gasteiger partial charge in [-0.1, -0.05) is 66.7 Å². The third-order valence-electron chi connectivity index (χ3n) is 5.50. The van der Waals surface area contributed by atoms with Crippen molar-refractivity contribution in [3.63, 3.8) is 0 Å². The van der Waals surface area contributed by atoms with E-state index < -0.39 is 0 Å². The highest BCUT2D eigenvalue weighted by Gasteiger charge is 2.14. The molecule has 0 bridgehead atoms. The molecule has 0 atom stereocenters. The van der Waals surface area contributed by atoms with Crippen molar-refractivity contribution < 1.29 is 14.6 Å². The molecule has 0 saturated carbocycles. The SMILES string of the molecule is COc1ccc(CC(=O)Cc2ncc(-c3ccc(CO)cc3)nc2Cc2ccccc2)cc1. The van der Waals surface area contributed by atoms with Crippen LogP contribution in [-0.2, 0) is 30.7 Å². The first-order valence-corrected chi connectivity index (χ1v) is 10.9. The molecule has 0 fully saturated rings. The number of aliphatic hydroxyl groups excluding tert-OH is 1. The van der Waals surface area contributed by atoms with Gasteiger partial charge >= 0.3 is 0 Å². The average Bonchev–Trinajstić information content (AvgIpc) is 2.86. The zero-order valence-corrected chi connectivity index (χ0v) is 18.6. The fourth-order valence-electron chi connectivity index (χ4n) is 3.67. The third-order valence-corrected chi connectivity index (χ3v) is 5.50. The summed E-state index contributed by atoms with van der Waals surface area (Å²) in [5.74, 6) is 0.855. The maximum Gasteiger partial charge on any atom is 0.143 e. The second kappa shape index (κ2) is 10.7. The number of carbonyl (C=O) groups excluding carboxylic acids is 1. The zero-order valence-electron chi connectivity index (χ0n) is 18.6. The third kappa shape index (κ3) is 5.90. The van der Waals surface area contributed by atoms with E-state index in [-0.39, 0.29) is 18.8 Å². The maximum absolute atomic E-state index is 12.8. The van der Waals surface area contributed by atoms with E-state index in [1.54, 1.807) is 13.3 Å². The lowest BCUT2D eigenvalue weighted by atomic mass is 10.0. The number of hydrogen-bond donors (Lipinski definition) is 1. The lowest BCUT2D eigenvalue weighted by Crippen LogP contribution is -2.12. The number of rotatable bonds is 9. The highest BCUT2D eigenvalue weighted by Crippen LogP contribution is 2.21. The van der Waals surface area contributed by atoms with Crippen LogP contribution in [0, 0.1) is 0 Å². The van der Waals surface area contributed by atoms with E-state index in [1.165, 1.54) is 0 Å². The van der Waals surface area contributed by atoms with Crippen LogP contribution in [0.25, 0.3) is 11.3 Å². The van der Waals surface area contributed by atoms with Gasteiger partial charge in [0.1, 0.15) is 11.5 Å². The lowest BCUT2D eigenvalue weighted by molar-refractivity contribution is -0.117. The smallest absolute Gasteiger partial charge is 0.143 e. The number of ketones is 1. The van der Waals surface area contributed by atoms with Gasteiger partial charge in [0.25, 0.3) is 0 Å². The summed E-state index contributed by atoms with van der Waals surface area (Å²) in [4.78, 5) is 22.4. The Bertz CT molecular complexity index is 1200. The van der Waals surface area contributed by atoms with Crippen LogP contribution >= 0.6 is 0 Å². The Kier molecular flexibility index (Phi) is 7.22. The maximum atomic E-state index is 12.8. The predicted molar refractivity (Wildman–Crippen MR) is 128 cm³/mol. The number of ether oxygens (including phenoxy) is 1. The number of aromatic nitrogens is 2. The molecule has 3 aromatic carbocycles. The lowest BCUT2D eigenvalue weighted by Gasteiger charge is -2.11. The quantitative estimate of drug-likeness (QED) is 0.414. The predicted octanol–water partition coefficient (Wildman–Crippen LogP) is 4.59. The average molecular weight is 439 g/mol. The van der Waals surface area contributed by atoms with Gasteiger partial charge in [-0.15, -0.1) is 0 Å². The number of Topliss-reactive ketones (excluding diaryl/α,β-unsaturated/α-hetero) is 1. The van der Waals surface area contributed by atoms with Crippen molar-refractivity contribution in [2.45, 2.75) is 25.9 Å². The van der Waals surface area contributed by atoms with E-state index in [9.17, 15) is 9.90 Å². The van der Waals surface area contributed by atoms with Gasteiger partial charge in [0, 0.05) is 18.4 Å². The minimum atomic E-state index is 0.000457. The van der Waals surface area contributed by atoms with Crippen LogP contribution in [0.1, 0.15) is 28.1 Å².